The Morgan fingerprint density at radius 1 is 1.03 bits per heavy atom. The topological polar surface area (TPSA) is 91.3 Å². The molecule has 10 heteroatoms. The average Bonchev–Trinajstić information content (AvgIpc) is 3.14. The normalized spacial score (nSPS) is 11.1. The van der Waals surface area contributed by atoms with Crippen molar-refractivity contribution in [2.75, 3.05) is 0 Å². The molecule has 0 aliphatic carbocycles. The largest absolute Gasteiger partial charge is 0.698 e. The zero-order valence-corrected chi connectivity index (χ0v) is 16.6. The predicted molar refractivity (Wildman–Crippen MR) is 109 cm³/mol. The van der Waals surface area contributed by atoms with Crippen LogP contribution in [-0.4, -0.2) is 25.7 Å². The molecule has 0 saturated carbocycles. The molecular formula is C20H13BrF3N4O2-. The van der Waals surface area contributed by atoms with E-state index in [1.54, 1.807) is 36.4 Å². The van der Waals surface area contributed by atoms with Gasteiger partial charge in [-0.15, -0.1) is 5.69 Å². The van der Waals surface area contributed by atoms with Crippen LogP contribution in [0.5, 0.6) is 0 Å². The standard InChI is InChI=1S/C14H8F3N3O2.C6H5BrN/c15-14(16,17)11-6-9(8-4-2-1-3-5-8)18-12-7-10(13(21)22)19-20(11)12;7-5-3-1-2-4-6(5)8/h1-7H,(H,21,22);1-4,8H/q;-1. The van der Waals surface area contributed by atoms with Crippen molar-refractivity contribution in [3.63, 3.8) is 0 Å². The number of carbonyl (C=O) groups is 1. The molecule has 0 bridgehead atoms. The number of benzene rings is 2. The fourth-order valence-corrected chi connectivity index (χ4v) is 2.78. The van der Waals surface area contributed by atoms with Crippen molar-refractivity contribution < 1.29 is 23.1 Å². The predicted octanol–water partition coefficient (Wildman–Crippen LogP) is 6.25. The monoisotopic (exact) mass is 477 g/mol. The third kappa shape index (κ3) is 4.77. The zero-order chi connectivity index (χ0) is 21.9. The second kappa shape index (κ2) is 8.54. The number of carboxylic acid groups (broad SMARTS) is 1. The number of fused-ring (bicyclic) bond motifs is 1. The van der Waals surface area contributed by atoms with Crippen molar-refractivity contribution in [3.05, 3.63) is 88.3 Å². The van der Waals surface area contributed by atoms with Crippen molar-refractivity contribution in [2.24, 2.45) is 0 Å². The maximum Gasteiger partial charge on any atom is 0.433 e. The summed E-state index contributed by atoms with van der Waals surface area (Å²) in [5, 5.41) is 12.3. The third-order valence-corrected chi connectivity index (χ3v) is 4.57. The van der Waals surface area contributed by atoms with Crippen LogP contribution in [0.3, 0.4) is 0 Å². The Labute approximate surface area is 176 Å². The summed E-state index contributed by atoms with van der Waals surface area (Å²) in [6.07, 6.45) is -4.69. The lowest BCUT2D eigenvalue weighted by atomic mass is 10.1. The number of nitrogens with zero attached hydrogens (tertiary/aromatic N) is 3. The number of carboxylic acids is 1. The van der Waals surface area contributed by atoms with Crippen molar-refractivity contribution in [2.45, 2.75) is 6.18 Å². The molecule has 0 amide bonds. The molecular weight excluding hydrogens is 465 g/mol. The van der Waals surface area contributed by atoms with Crippen LogP contribution < -0.4 is 0 Å². The van der Waals surface area contributed by atoms with E-state index in [2.05, 4.69) is 26.0 Å². The zero-order valence-electron chi connectivity index (χ0n) is 15.1. The Bertz CT molecular complexity index is 1170. The lowest BCUT2D eigenvalue weighted by Crippen LogP contribution is -2.14. The number of nitrogens with one attached hydrogen (secondary N) is 1. The molecule has 0 spiro atoms. The number of halogens is 4. The molecule has 0 aliphatic rings. The van der Waals surface area contributed by atoms with Gasteiger partial charge in [-0.05, 0) is 12.1 Å². The molecule has 0 unspecified atom stereocenters. The molecule has 6 nitrogen and oxygen atoms in total. The Hall–Kier alpha value is -3.40. The van der Waals surface area contributed by atoms with E-state index < -0.39 is 23.5 Å². The minimum atomic E-state index is -4.69. The molecule has 2 N–H and O–H groups in total. The molecule has 154 valence electrons. The lowest BCUT2D eigenvalue weighted by molar-refractivity contribution is -0.142. The highest BCUT2D eigenvalue weighted by atomic mass is 79.9. The highest BCUT2D eigenvalue weighted by molar-refractivity contribution is 9.10. The highest BCUT2D eigenvalue weighted by Crippen LogP contribution is 2.32. The van der Waals surface area contributed by atoms with Gasteiger partial charge in [0.15, 0.2) is 17.0 Å². The van der Waals surface area contributed by atoms with Gasteiger partial charge in [0, 0.05) is 16.1 Å². The van der Waals surface area contributed by atoms with Gasteiger partial charge < -0.3 is 10.8 Å². The van der Waals surface area contributed by atoms with E-state index in [4.69, 9.17) is 10.8 Å². The Kier molecular flexibility index (Phi) is 6.06. The Morgan fingerprint density at radius 3 is 2.20 bits per heavy atom. The SMILES string of the molecule is O=C(O)c1cc2nc(-c3ccccc3)cc(C(F)(F)F)n2n1.[NH-]c1ccccc1Br. The van der Waals surface area contributed by atoms with E-state index in [0.29, 0.717) is 15.8 Å². The molecule has 2 aromatic carbocycles. The molecule has 0 saturated heterocycles. The summed E-state index contributed by atoms with van der Waals surface area (Å²) in [5.74, 6) is -1.42. The van der Waals surface area contributed by atoms with Crippen LogP contribution in [0, 0.1) is 0 Å². The molecule has 2 heterocycles. The van der Waals surface area contributed by atoms with Gasteiger partial charge in [-0.25, -0.2) is 14.3 Å². The lowest BCUT2D eigenvalue weighted by Gasteiger charge is -2.10. The number of rotatable bonds is 2. The smallest absolute Gasteiger partial charge is 0.433 e. The van der Waals surface area contributed by atoms with Crippen LogP contribution in [-0.2, 0) is 6.18 Å². The van der Waals surface area contributed by atoms with Gasteiger partial charge in [0.1, 0.15) is 0 Å². The summed E-state index contributed by atoms with van der Waals surface area (Å²) in [5.41, 5.74) is 6.54. The number of hydrogen-bond acceptors (Lipinski definition) is 3. The fourth-order valence-electron chi connectivity index (χ4n) is 2.50. The van der Waals surface area contributed by atoms with Gasteiger partial charge in [0.2, 0.25) is 0 Å². The van der Waals surface area contributed by atoms with E-state index in [1.165, 1.54) is 0 Å². The first-order valence-corrected chi connectivity index (χ1v) is 9.19. The van der Waals surface area contributed by atoms with Gasteiger partial charge in [0.25, 0.3) is 0 Å². The Balaban J connectivity index is 0.000000269. The van der Waals surface area contributed by atoms with Crippen LogP contribution in [0.2, 0.25) is 0 Å². The van der Waals surface area contributed by atoms with Gasteiger partial charge in [0.05, 0.1) is 5.69 Å². The van der Waals surface area contributed by atoms with Crippen molar-refractivity contribution in [1.29, 1.82) is 0 Å². The van der Waals surface area contributed by atoms with Crippen LogP contribution in [0.1, 0.15) is 16.2 Å². The van der Waals surface area contributed by atoms with Gasteiger partial charge >= 0.3 is 12.1 Å². The number of alkyl halides is 3. The van der Waals surface area contributed by atoms with Gasteiger partial charge in [-0.2, -0.15) is 18.3 Å². The van der Waals surface area contributed by atoms with E-state index in [-0.39, 0.29) is 11.3 Å². The van der Waals surface area contributed by atoms with Crippen LogP contribution in [0.25, 0.3) is 22.6 Å². The molecule has 0 fully saturated rings. The second-order valence-corrected chi connectivity index (χ2v) is 6.83. The maximum atomic E-state index is 13.2. The molecule has 0 aliphatic heterocycles. The minimum absolute atomic E-state index is 0.0947. The Morgan fingerprint density at radius 2 is 1.67 bits per heavy atom. The summed E-state index contributed by atoms with van der Waals surface area (Å²) in [4.78, 5) is 15.0. The molecule has 4 aromatic rings. The quantitative estimate of drug-likeness (QED) is 0.369. The first kappa shape index (κ1) is 21.3. The first-order chi connectivity index (χ1) is 14.2. The first-order valence-electron chi connectivity index (χ1n) is 8.39. The summed E-state index contributed by atoms with van der Waals surface area (Å²) in [6.45, 7) is 0. The number of aromatic carboxylic acids is 1. The van der Waals surface area contributed by atoms with Crippen molar-refractivity contribution in [3.8, 4) is 11.3 Å². The van der Waals surface area contributed by atoms with Crippen molar-refractivity contribution >= 4 is 33.2 Å². The molecule has 30 heavy (non-hydrogen) atoms. The summed E-state index contributed by atoms with van der Waals surface area (Å²) < 4.78 is 40.9. The summed E-state index contributed by atoms with van der Waals surface area (Å²) in [7, 11) is 0. The number of hydrogen-bond donors (Lipinski definition) is 1. The average molecular weight is 478 g/mol. The summed E-state index contributed by atoms with van der Waals surface area (Å²) >= 11 is 3.21. The second-order valence-electron chi connectivity index (χ2n) is 5.97. The van der Waals surface area contributed by atoms with Gasteiger partial charge in [-0.1, -0.05) is 64.5 Å². The maximum absolute atomic E-state index is 13.2. The van der Waals surface area contributed by atoms with E-state index in [9.17, 15) is 18.0 Å². The summed E-state index contributed by atoms with van der Waals surface area (Å²) in [6, 6.07) is 17.5. The van der Waals surface area contributed by atoms with E-state index >= 15 is 0 Å². The molecule has 4 rings (SSSR count). The van der Waals surface area contributed by atoms with Crippen LogP contribution in [0.15, 0.2) is 71.2 Å². The molecule has 0 radical (unpaired) electrons. The van der Waals surface area contributed by atoms with Crippen LogP contribution >= 0.6 is 15.9 Å². The van der Waals surface area contributed by atoms with Gasteiger partial charge in [-0.3, -0.25) is 0 Å². The fraction of sp³-hybridized carbons (Fsp3) is 0.0500. The minimum Gasteiger partial charge on any atom is -0.698 e. The van der Waals surface area contributed by atoms with Crippen LogP contribution in [0.4, 0.5) is 18.9 Å². The number of aromatic nitrogens is 3. The highest BCUT2D eigenvalue weighted by Gasteiger charge is 2.35. The van der Waals surface area contributed by atoms with E-state index in [1.807, 2.05) is 18.2 Å². The molecule has 0 atom stereocenters. The van der Waals surface area contributed by atoms with Crippen molar-refractivity contribution in [1.82, 2.24) is 14.6 Å². The van der Waals surface area contributed by atoms with E-state index in [0.717, 1.165) is 16.6 Å². The molecule has 2 aromatic heterocycles. The third-order valence-electron chi connectivity index (χ3n) is 3.88.